The maximum absolute atomic E-state index is 5.81. The van der Waals surface area contributed by atoms with Crippen molar-refractivity contribution in [3.63, 3.8) is 0 Å². The maximum atomic E-state index is 5.81. The molecule has 0 heterocycles. The lowest BCUT2D eigenvalue weighted by Gasteiger charge is -2.32. The van der Waals surface area contributed by atoms with Crippen molar-refractivity contribution in [1.29, 1.82) is 0 Å². The third kappa shape index (κ3) is 0.962. The lowest BCUT2D eigenvalue weighted by atomic mass is 9.74. The zero-order valence-electron chi connectivity index (χ0n) is 6.75. The molecule has 2 atom stereocenters. The van der Waals surface area contributed by atoms with Gasteiger partial charge in [-0.25, -0.2) is 0 Å². The molecule has 1 aromatic carbocycles. The minimum atomic E-state index is 0.310. The van der Waals surface area contributed by atoms with Crippen LogP contribution in [0.5, 0.6) is 0 Å². The molecule has 0 bridgehead atoms. The highest BCUT2D eigenvalue weighted by molar-refractivity contribution is 5.40. The summed E-state index contributed by atoms with van der Waals surface area (Å²) in [5.41, 5.74) is 8.75. The molecule has 2 rings (SSSR count). The van der Waals surface area contributed by atoms with E-state index in [4.69, 9.17) is 5.73 Å². The molecule has 0 aliphatic heterocycles. The first-order valence-electron chi connectivity index (χ1n) is 4.12. The molecule has 1 nitrogen and oxygen atoms in total. The monoisotopic (exact) mass is 147 g/mol. The van der Waals surface area contributed by atoms with Gasteiger partial charge in [-0.15, -0.1) is 0 Å². The quantitative estimate of drug-likeness (QED) is 0.642. The predicted molar refractivity (Wildman–Crippen MR) is 46.5 cm³/mol. The summed E-state index contributed by atoms with van der Waals surface area (Å²) in [5.74, 6) is 0.617. The summed E-state index contributed by atoms with van der Waals surface area (Å²) in [6.45, 7) is 2.08. The summed E-state index contributed by atoms with van der Waals surface area (Å²) in [6, 6.07) is 8.87. The minimum absolute atomic E-state index is 0.310. The van der Waals surface area contributed by atoms with E-state index in [0.717, 1.165) is 0 Å². The van der Waals surface area contributed by atoms with Crippen LogP contribution in [-0.4, -0.2) is 6.04 Å². The summed E-state index contributed by atoms with van der Waals surface area (Å²) in [7, 11) is 0. The van der Waals surface area contributed by atoms with Crippen LogP contribution in [0.4, 0.5) is 0 Å². The van der Waals surface area contributed by atoms with E-state index in [0.29, 0.717) is 12.0 Å². The summed E-state index contributed by atoms with van der Waals surface area (Å²) < 4.78 is 0. The van der Waals surface area contributed by atoms with Crippen LogP contribution in [0.15, 0.2) is 24.3 Å². The van der Waals surface area contributed by atoms with Crippen LogP contribution >= 0.6 is 0 Å². The van der Waals surface area contributed by atoms with Crippen molar-refractivity contribution in [3.05, 3.63) is 35.4 Å². The van der Waals surface area contributed by atoms with Gasteiger partial charge in [-0.05, 0) is 24.5 Å². The molecule has 0 unspecified atom stereocenters. The van der Waals surface area contributed by atoms with Crippen LogP contribution in [0, 0.1) is 0 Å². The highest BCUT2D eigenvalue weighted by Crippen LogP contribution is 2.36. The van der Waals surface area contributed by atoms with Crippen molar-refractivity contribution >= 4 is 0 Å². The van der Waals surface area contributed by atoms with E-state index in [1.165, 1.54) is 17.5 Å². The number of hydrogen-bond acceptors (Lipinski definition) is 1. The number of fused-ring (bicyclic) bond motifs is 1. The van der Waals surface area contributed by atoms with E-state index >= 15 is 0 Å². The molecule has 2 N–H and O–H groups in total. The fraction of sp³-hybridized carbons (Fsp3) is 0.400. The smallest absolute Gasteiger partial charge is 0.00826 e. The van der Waals surface area contributed by atoms with Crippen molar-refractivity contribution in [2.24, 2.45) is 5.73 Å². The molecule has 0 spiro atoms. The Morgan fingerprint density at radius 2 is 2.18 bits per heavy atom. The lowest BCUT2D eigenvalue weighted by Crippen LogP contribution is -2.32. The first-order chi connectivity index (χ1) is 5.29. The number of benzene rings is 1. The van der Waals surface area contributed by atoms with Crippen LogP contribution in [0.2, 0.25) is 0 Å². The summed E-state index contributed by atoms with van der Waals surface area (Å²) in [5, 5.41) is 0. The molecule has 58 valence electrons. The second kappa shape index (κ2) is 2.35. The molecule has 0 amide bonds. The normalized spacial score (nSPS) is 23.6. The first kappa shape index (κ1) is 6.86. The molecule has 0 saturated heterocycles. The van der Waals surface area contributed by atoms with Gasteiger partial charge in [0.05, 0.1) is 0 Å². The van der Waals surface area contributed by atoms with E-state index in [-0.39, 0.29) is 0 Å². The Morgan fingerprint density at radius 1 is 1.45 bits per heavy atom. The van der Waals surface area contributed by atoms with Crippen molar-refractivity contribution in [1.82, 2.24) is 0 Å². The van der Waals surface area contributed by atoms with Crippen LogP contribution in [-0.2, 0) is 6.42 Å². The summed E-state index contributed by atoms with van der Waals surface area (Å²) in [4.78, 5) is 0. The Morgan fingerprint density at radius 3 is 2.82 bits per heavy atom. The van der Waals surface area contributed by atoms with Gasteiger partial charge in [-0.3, -0.25) is 0 Å². The predicted octanol–water partition coefficient (Wildman–Crippen LogP) is 1.67. The van der Waals surface area contributed by atoms with Crippen LogP contribution in [0.25, 0.3) is 0 Å². The minimum Gasteiger partial charge on any atom is -0.327 e. The molecule has 0 saturated carbocycles. The molecule has 1 aromatic rings. The van der Waals surface area contributed by atoms with E-state index < -0.39 is 0 Å². The van der Waals surface area contributed by atoms with Gasteiger partial charge in [0.15, 0.2) is 0 Å². The standard InChI is InChI=1S/C10H13N/c1-7(11)10-6-8-4-2-3-5-9(8)10/h2-5,7,10H,6,11H2,1H3/t7-,10+/m1/s1. The zero-order chi connectivity index (χ0) is 7.84. The van der Waals surface area contributed by atoms with E-state index in [9.17, 15) is 0 Å². The molecule has 11 heavy (non-hydrogen) atoms. The summed E-state index contributed by atoms with van der Waals surface area (Å²) >= 11 is 0. The van der Waals surface area contributed by atoms with Gasteiger partial charge in [0.2, 0.25) is 0 Å². The Labute approximate surface area is 67.2 Å². The van der Waals surface area contributed by atoms with Gasteiger partial charge < -0.3 is 5.73 Å². The van der Waals surface area contributed by atoms with Crippen LogP contribution in [0.3, 0.4) is 0 Å². The van der Waals surface area contributed by atoms with Gasteiger partial charge >= 0.3 is 0 Å². The fourth-order valence-corrected chi connectivity index (χ4v) is 1.77. The van der Waals surface area contributed by atoms with Gasteiger partial charge in [0.25, 0.3) is 0 Å². The van der Waals surface area contributed by atoms with Gasteiger partial charge in [0, 0.05) is 12.0 Å². The van der Waals surface area contributed by atoms with E-state index in [2.05, 4.69) is 31.2 Å². The average Bonchev–Trinajstić information content (AvgIpc) is 1.90. The van der Waals surface area contributed by atoms with Gasteiger partial charge in [0.1, 0.15) is 0 Å². The topological polar surface area (TPSA) is 26.0 Å². The molecular formula is C10H13N. The second-order valence-electron chi connectivity index (χ2n) is 3.37. The molecule has 0 radical (unpaired) electrons. The van der Waals surface area contributed by atoms with Gasteiger partial charge in [-0.1, -0.05) is 24.3 Å². The Hall–Kier alpha value is -0.820. The zero-order valence-corrected chi connectivity index (χ0v) is 6.75. The largest absolute Gasteiger partial charge is 0.327 e. The number of rotatable bonds is 1. The maximum Gasteiger partial charge on any atom is 0.00826 e. The molecule has 0 fully saturated rings. The molecule has 1 aliphatic carbocycles. The molecule has 1 aliphatic rings. The van der Waals surface area contributed by atoms with Gasteiger partial charge in [-0.2, -0.15) is 0 Å². The number of hydrogen-bond donors (Lipinski definition) is 1. The lowest BCUT2D eigenvalue weighted by molar-refractivity contribution is 0.512. The fourth-order valence-electron chi connectivity index (χ4n) is 1.77. The highest BCUT2D eigenvalue weighted by Gasteiger charge is 2.27. The SMILES string of the molecule is C[C@@H](N)[C@@H]1Cc2ccccc21. The van der Waals surface area contributed by atoms with Crippen molar-refractivity contribution in [3.8, 4) is 0 Å². The van der Waals surface area contributed by atoms with Crippen molar-refractivity contribution < 1.29 is 0 Å². The number of nitrogens with two attached hydrogens (primary N) is 1. The summed E-state index contributed by atoms with van der Waals surface area (Å²) in [6.07, 6.45) is 1.17. The molecular weight excluding hydrogens is 134 g/mol. The molecule has 1 heteroatoms. The Bertz CT molecular complexity index is 265. The van der Waals surface area contributed by atoms with Crippen LogP contribution < -0.4 is 5.73 Å². The molecule has 0 aromatic heterocycles. The third-order valence-electron chi connectivity index (χ3n) is 2.53. The Balaban J connectivity index is 2.29. The highest BCUT2D eigenvalue weighted by atomic mass is 14.6. The Kier molecular flexibility index (Phi) is 1.46. The van der Waals surface area contributed by atoms with Crippen LogP contribution in [0.1, 0.15) is 24.0 Å². The average molecular weight is 147 g/mol. The second-order valence-corrected chi connectivity index (χ2v) is 3.37. The van der Waals surface area contributed by atoms with E-state index in [1.807, 2.05) is 0 Å². The van der Waals surface area contributed by atoms with Crippen molar-refractivity contribution in [2.75, 3.05) is 0 Å². The third-order valence-corrected chi connectivity index (χ3v) is 2.53. The van der Waals surface area contributed by atoms with Crippen molar-refractivity contribution in [2.45, 2.75) is 25.3 Å². The van der Waals surface area contributed by atoms with E-state index in [1.54, 1.807) is 0 Å². The first-order valence-corrected chi connectivity index (χ1v) is 4.12.